The summed E-state index contributed by atoms with van der Waals surface area (Å²) < 4.78 is 0. The van der Waals surface area contributed by atoms with Gasteiger partial charge in [0.15, 0.2) is 0 Å². The lowest BCUT2D eigenvalue weighted by molar-refractivity contribution is -0.120. The fourth-order valence-electron chi connectivity index (χ4n) is 2.66. The molecule has 0 bridgehead atoms. The van der Waals surface area contributed by atoms with Crippen LogP contribution in [-0.2, 0) is 4.79 Å². The third kappa shape index (κ3) is 4.11. The fraction of sp³-hybridized carbons (Fsp3) is 0.190. The summed E-state index contributed by atoms with van der Waals surface area (Å²) >= 11 is 1.45. The Hall–Kier alpha value is -2.66. The molecule has 2 aromatic carbocycles. The number of amides is 1. The van der Waals surface area contributed by atoms with Crippen molar-refractivity contribution in [3.8, 4) is 22.5 Å². The van der Waals surface area contributed by atoms with Gasteiger partial charge >= 0.3 is 0 Å². The summed E-state index contributed by atoms with van der Waals surface area (Å²) in [5.41, 5.74) is 3.70. The number of aromatic nitrogens is 2. The van der Waals surface area contributed by atoms with Gasteiger partial charge in [-0.15, -0.1) is 0 Å². The minimum atomic E-state index is -0.180. The van der Waals surface area contributed by atoms with Crippen LogP contribution in [0.3, 0.4) is 0 Å². The van der Waals surface area contributed by atoms with E-state index in [4.69, 9.17) is 4.98 Å². The summed E-state index contributed by atoms with van der Waals surface area (Å²) in [7, 11) is 1.66. The number of carbonyl (C=O) groups is 1. The van der Waals surface area contributed by atoms with Crippen molar-refractivity contribution in [2.45, 2.75) is 23.6 Å². The lowest BCUT2D eigenvalue weighted by atomic mass is 10.0. The molecule has 0 radical (unpaired) electrons. The Morgan fingerprint density at radius 2 is 1.58 bits per heavy atom. The highest BCUT2D eigenvalue weighted by Crippen LogP contribution is 2.32. The highest BCUT2D eigenvalue weighted by molar-refractivity contribution is 8.00. The molecule has 0 aliphatic carbocycles. The number of hydrogen-bond acceptors (Lipinski definition) is 4. The van der Waals surface area contributed by atoms with Crippen LogP contribution >= 0.6 is 11.8 Å². The van der Waals surface area contributed by atoms with Gasteiger partial charge in [-0.2, -0.15) is 0 Å². The van der Waals surface area contributed by atoms with Crippen molar-refractivity contribution >= 4 is 17.7 Å². The van der Waals surface area contributed by atoms with Crippen molar-refractivity contribution in [2.24, 2.45) is 0 Å². The molecule has 1 atom stereocenters. The highest BCUT2D eigenvalue weighted by Gasteiger charge is 2.19. The first-order valence-corrected chi connectivity index (χ1v) is 9.47. The average molecular weight is 363 g/mol. The summed E-state index contributed by atoms with van der Waals surface area (Å²) in [4.78, 5) is 21.5. The third-order valence-electron chi connectivity index (χ3n) is 4.02. The maximum atomic E-state index is 12.0. The molecule has 1 aromatic heterocycles. The number of benzene rings is 2. The first-order chi connectivity index (χ1) is 12.7. The van der Waals surface area contributed by atoms with Crippen molar-refractivity contribution in [1.82, 2.24) is 15.3 Å². The number of carbonyl (C=O) groups excluding carboxylic acids is 1. The van der Waals surface area contributed by atoms with Gasteiger partial charge in [0.1, 0.15) is 5.03 Å². The molecule has 0 saturated heterocycles. The van der Waals surface area contributed by atoms with E-state index >= 15 is 0 Å². The van der Waals surface area contributed by atoms with Gasteiger partial charge in [-0.3, -0.25) is 9.78 Å². The SMILES string of the molecule is CCC(Sc1cnc(-c2ccccc2)c(-c2ccccc2)n1)C(=O)NC. The topological polar surface area (TPSA) is 54.9 Å². The number of thioether (sulfide) groups is 1. The second-order valence-electron chi connectivity index (χ2n) is 5.77. The maximum Gasteiger partial charge on any atom is 0.233 e. The van der Waals surface area contributed by atoms with Gasteiger partial charge in [0, 0.05) is 18.2 Å². The highest BCUT2D eigenvalue weighted by atomic mass is 32.2. The summed E-state index contributed by atoms with van der Waals surface area (Å²) in [5, 5.41) is 3.28. The molecule has 1 heterocycles. The maximum absolute atomic E-state index is 12.0. The molecule has 0 aliphatic rings. The summed E-state index contributed by atoms with van der Waals surface area (Å²) in [6, 6.07) is 20.1. The second kappa shape index (κ2) is 8.63. The predicted molar refractivity (Wildman–Crippen MR) is 107 cm³/mol. The monoisotopic (exact) mass is 363 g/mol. The van der Waals surface area contributed by atoms with Crippen LogP contribution < -0.4 is 5.32 Å². The van der Waals surface area contributed by atoms with Crippen molar-refractivity contribution in [3.05, 3.63) is 66.9 Å². The number of nitrogens with one attached hydrogen (secondary N) is 1. The van der Waals surface area contributed by atoms with Crippen LogP contribution in [-0.4, -0.2) is 28.2 Å². The van der Waals surface area contributed by atoms with Gasteiger partial charge < -0.3 is 5.32 Å². The van der Waals surface area contributed by atoms with Crippen molar-refractivity contribution < 1.29 is 4.79 Å². The molecule has 0 aliphatic heterocycles. The number of nitrogens with zero attached hydrogens (tertiary/aromatic N) is 2. The van der Waals surface area contributed by atoms with E-state index in [2.05, 4.69) is 10.3 Å². The minimum absolute atomic E-state index is 0.00713. The van der Waals surface area contributed by atoms with E-state index in [9.17, 15) is 4.79 Å². The van der Waals surface area contributed by atoms with Gasteiger partial charge in [0.05, 0.1) is 22.8 Å². The van der Waals surface area contributed by atoms with E-state index in [1.165, 1.54) is 11.8 Å². The molecule has 0 fully saturated rings. The second-order valence-corrected chi connectivity index (χ2v) is 6.99. The Morgan fingerprint density at radius 3 is 2.12 bits per heavy atom. The van der Waals surface area contributed by atoms with Crippen molar-refractivity contribution in [1.29, 1.82) is 0 Å². The summed E-state index contributed by atoms with van der Waals surface area (Å²) in [6.45, 7) is 2.00. The number of hydrogen-bond donors (Lipinski definition) is 1. The van der Waals surface area contributed by atoms with Crippen LogP contribution in [0, 0.1) is 0 Å². The van der Waals surface area contributed by atoms with E-state index < -0.39 is 0 Å². The molecule has 132 valence electrons. The Balaban J connectivity index is 2.04. The molecule has 3 rings (SSSR count). The van der Waals surface area contributed by atoms with Crippen LogP contribution in [0.2, 0.25) is 0 Å². The smallest absolute Gasteiger partial charge is 0.233 e. The molecule has 3 aromatic rings. The van der Waals surface area contributed by atoms with Crippen LogP contribution in [0.15, 0.2) is 71.9 Å². The lowest BCUT2D eigenvalue weighted by Gasteiger charge is -2.14. The molecule has 0 saturated carbocycles. The van der Waals surface area contributed by atoms with E-state index in [0.29, 0.717) is 0 Å². The van der Waals surface area contributed by atoms with Gasteiger partial charge in [0.25, 0.3) is 0 Å². The fourth-order valence-corrected chi connectivity index (χ4v) is 3.60. The Morgan fingerprint density at radius 1 is 1.00 bits per heavy atom. The third-order valence-corrected chi connectivity index (χ3v) is 5.29. The van der Waals surface area contributed by atoms with E-state index in [0.717, 1.165) is 34.0 Å². The molecule has 0 spiro atoms. The molecule has 5 heteroatoms. The minimum Gasteiger partial charge on any atom is -0.358 e. The largest absolute Gasteiger partial charge is 0.358 e. The zero-order valence-electron chi connectivity index (χ0n) is 14.8. The average Bonchev–Trinajstić information content (AvgIpc) is 2.72. The van der Waals surface area contributed by atoms with E-state index in [1.54, 1.807) is 13.2 Å². The molecular weight excluding hydrogens is 342 g/mol. The van der Waals surface area contributed by atoms with Crippen molar-refractivity contribution in [3.63, 3.8) is 0 Å². The summed E-state index contributed by atoms with van der Waals surface area (Å²) in [5.74, 6) is 0.00713. The van der Waals surface area contributed by atoms with Gasteiger partial charge in [-0.25, -0.2) is 4.98 Å². The lowest BCUT2D eigenvalue weighted by Crippen LogP contribution is -2.29. The first kappa shape index (κ1) is 18.1. The first-order valence-electron chi connectivity index (χ1n) is 8.59. The normalized spacial score (nSPS) is 11.8. The molecule has 1 N–H and O–H groups in total. The van der Waals surface area contributed by atoms with E-state index in [-0.39, 0.29) is 11.2 Å². The Bertz CT molecular complexity index is 869. The predicted octanol–water partition coefficient (Wildman–Crippen LogP) is 4.43. The van der Waals surface area contributed by atoms with Crippen LogP contribution in [0.4, 0.5) is 0 Å². The quantitative estimate of drug-likeness (QED) is 0.658. The Kier molecular flexibility index (Phi) is 6.02. The molecule has 26 heavy (non-hydrogen) atoms. The van der Waals surface area contributed by atoms with Crippen molar-refractivity contribution in [2.75, 3.05) is 7.05 Å². The number of rotatable bonds is 6. The molecule has 4 nitrogen and oxygen atoms in total. The molecular formula is C21H21N3OS. The van der Waals surface area contributed by atoms with Crippen LogP contribution in [0.1, 0.15) is 13.3 Å². The zero-order valence-corrected chi connectivity index (χ0v) is 15.7. The summed E-state index contributed by atoms with van der Waals surface area (Å²) in [6.07, 6.45) is 2.48. The van der Waals surface area contributed by atoms with Gasteiger partial charge in [0.2, 0.25) is 5.91 Å². The van der Waals surface area contributed by atoms with Crippen LogP contribution in [0.5, 0.6) is 0 Å². The standard InChI is InChI=1S/C21H21N3OS/c1-3-17(21(25)22-2)26-18-14-23-19(15-10-6-4-7-11-15)20(24-18)16-12-8-5-9-13-16/h4-14,17H,3H2,1-2H3,(H,22,25). The van der Waals surface area contributed by atoms with Gasteiger partial charge in [-0.1, -0.05) is 79.3 Å². The zero-order chi connectivity index (χ0) is 18.4. The molecule has 1 unspecified atom stereocenters. The van der Waals surface area contributed by atoms with Crippen LogP contribution in [0.25, 0.3) is 22.5 Å². The van der Waals surface area contributed by atoms with Gasteiger partial charge in [-0.05, 0) is 6.42 Å². The Labute approximate surface area is 158 Å². The molecule has 1 amide bonds. The van der Waals surface area contributed by atoms with E-state index in [1.807, 2.05) is 67.6 Å².